The first-order valence-corrected chi connectivity index (χ1v) is 6.53. The third-order valence-electron chi connectivity index (χ3n) is 2.79. The molecule has 1 aromatic rings. The third kappa shape index (κ3) is 4.56. The van der Waals surface area contributed by atoms with Gasteiger partial charge in [-0.2, -0.15) is 5.10 Å². The molecule has 7 nitrogen and oxygen atoms in total. The lowest BCUT2D eigenvalue weighted by Gasteiger charge is -2.08. The van der Waals surface area contributed by atoms with Crippen LogP contribution in [0.5, 0.6) is 0 Å². The van der Waals surface area contributed by atoms with Crippen molar-refractivity contribution >= 4 is 17.6 Å². The SMILES string of the molecule is Cc1nn(CC(=O)OCC(=O)NCC(C)C)c(C)c1N. The van der Waals surface area contributed by atoms with E-state index in [9.17, 15) is 9.59 Å². The van der Waals surface area contributed by atoms with Crippen LogP contribution in [0.2, 0.25) is 0 Å². The number of aryl methyl sites for hydroxylation is 1. The predicted octanol–water partition coefficient (Wildman–Crippen LogP) is 0.398. The minimum atomic E-state index is -0.518. The Morgan fingerprint density at radius 3 is 2.55 bits per heavy atom. The van der Waals surface area contributed by atoms with E-state index in [0.717, 1.165) is 0 Å². The van der Waals surface area contributed by atoms with Gasteiger partial charge in [-0.05, 0) is 19.8 Å². The van der Waals surface area contributed by atoms with Gasteiger partial charge in [-0.25, -0.2) is 0 Å². The fourth-order valence-corrected chi connectivity index (χ4v) is 1.55. The summed E-state index contributed by atoms with van der Waals surface area (Å²) >= 11 is 0. The third-order valence-corrected chi connectivity index (χ3v) is 2.79. The average Bonchev–Trinajstić information content (AvgIpc) is 2.61. The summed E-state index contributed by atoms with van der Waals surface area (Å²) < 4.78 is 6.36. The van der Waals surface area contributed by atoms with Crippen molar-refractivity contribution in [2.24, 2.45) is 5.92 Å². The molecule has 1 rings (SSSR count). The van der Waals surface area contributed by atoms with Crippen molar-refractivity contribution in [3.8, 4) is 0 Å². The molecule has 7 heteroatoms. The fraction of sp³-hybridized carbons (Fsp3) is 0.615. The molecule has 0 aliphatic heterocycles. The van der Waals surface area contributed by atoms with Crippen LogP contribution in [0.3, 0.4) is 0 Å². The van der Waals surface area contributed by atoms with Gasteiger partial charge >= 0.3 is 5.97 Å². The monoisotopic (exact) mass is 282 g/mol. The molecule has 0 saturated carbocycles. The Balaban J connectivity index is 2.40. The first kappa shape index (κ1) is 16.0. The molecule has 0 fully saturated rings. The summed E-state index contributed by atoms with van der Waals surface area (Å²) in [5, 5.41) is 6.79. The largest absolute Gasteiger partial charge is 0.454 e. The van der Waals surface area contributed by atoms with Crippen LogP contribution in [0.1, 0.15) is 25.2 Å². The van der Waals surface area contributed by atoms with Crippen molar-refractivity contribution in [3.05, 3.63) is 11.4 Å². The molecule has 112 valence electrons. The van der Waals surface area contributed by atoms with Crippen molar-refractivity contribution in [1.82, 2.24) is 15.1 Å². The molecule has 0 bridgehead atoms. The zero-order chi connectivity index (χ0) is 15.3. The highest BCUT2D eigenvalue weighted by Crippen LogP contribution is 2.14. The van der Waals surface area contributed by atoms with Gasteiger partial charge in [0.05, 0.1) is 17.1 Å². The number of carbonyl (C=O) groups excluding carboxylic acids is 2. The molecule has 0 aliphatic carbocycles. The van der Waals surface area contributed by atoms with Gasteiger partial charge in [0.25, 0.3) is 5.91 Å². The number of esters is 1. The minimum absolute atomic E-state index is 0.0542. The van der Waals surface area contributed by atoms with E-state index in [-0.39, 0.29) is 19.1 Å². The molecule has 3 N–H and O–H groups in total. The van der Waals surface area contributed by atoms with Gasteiger partial charge < -0.3 is 15.8 Å². The molecular weight excluding hydrogens is 260 g/mol. The molecule has 0 unspecified atom stereocenters. The van der Waals surface area contributed by atoms with E-state index in [4.69, 9.17) is 10.5 Å². The van der Waals surface area contributed by atoms with Crippen molar-refractivity contribution in [2.75, 3.05) is 18.9 Å². The molecule has 0 spiro atoms. The highest BCUT2D eigenvalue weighted by molar-refractivity contribution is 5.80. The number of hydrogen-bond donors (Lipinski definition) is 2. The summed E-state index contributed by atoms with van der Waals surface area (Å²) in [6.07, 6.45) is 0. The molecule has 0 aromatic carbocycles. The molecule has 1 aromatic heterocycles. The summed E-state index contributed by atoms with van der Waals surface area (Å²) in [6, 6.07) is 0. The number of nitrogens with zero attached hydrogens (tertiary/aromatic N) is 2. The molecule has 0 atom stereocenters. The Bertz CT molecular complexity index is 494. The van der Waals surface area contributed by atoms with Crippen LogP contribution in [-0.2, 0) is 20.9 Å². The summed E-state index contributed by atoms with van der Waals surface area (Å²) in [5.41, 5.74) is 7.71. The zero-order valence-corrected chi connectivity index (χ0v) is 12.4. The Morgan fingerprint density at radius 2 is 2.05 bits per heavy atom. The van der Waals surface area contributed by atoms with Crippen molar-refractivity contribution < 1.29 is 14.3 Å². The van der Waals surface area contributed by atoms with Gasteiger partial charge in [-0.15, -0.1) is 0 Å². The number of nitrogens with one attached hydrogen (secondary N) is 1. The second kappa shape index (κ2) is 6.93. The summed E-state index contributed by atoms with van der Waals surface area (Å²) in [4.78, 5) is 23.0. The van der Waals surface area contributed by atoms with Crippen LogP contribution in [0.4, 0.5) is 5.69 Å². The maximum Gasteiger partial charge on any atom is 0.328 e. The molecule has 0 radical (unpaired) electrons. The lowest BCUT2D eigenvalue weighted by molar-refractivity contribution is -0.149. The lowest BCUT2D eigenvalue weighted by atomic mass is 10.2. The van der Waals surface area contributed by atoms with Crippen LogP contribution in [0, 0.1) is 19.8 Å². The maximum absolute atomic E-state index is 11.6. The minimum Gasteiger partial charge on any atom is -0.454 e. The normalized spacial score (nSPS) is 10.7. The Morgan fingerprint density at radius 1 is 1.40 bits per heavy atom. The summed E-state index contributed by atoms with van der Waals surface area (Å²) in [5.74, 6) is -0.470. The smallest absolute Gasteiger partial charge is 0.328 e. The molecular formula is C13H22N4O3. The van der Waals surface area contributed by atoms with Crippen LogP contribution in [0.25, 0.3) is 0 Å². The molecule has 0 aliphatic rings. The van der Waals surface area contributed by atoms with Gasteiger partial charge in [0, 0.05) is 6.54 Å². The van der Waals surface area contributed by atoms with E-state index in [1.165, 1.54) is 4.68 Å². The number of ether oxygens (including phenoxy) is 1. The topological polar surface area (TPSA) is 99.2 Å². The molecule has 1 heterocycles. The second-order valence-corrected chi connectivity index (χ2v) is 5.10. The van der Waals surface area contributed by atoms with E-state index in [0.29, 0.717) is 29.5 Å². The van der Waals surface area contributed by atoms with Crippen LogP contribution >= 0.6 is 0 Å². The summed E-state index contributed by atoms with van der Waals surface area (Å²) in [6.45, 7) is 7.74. The summed E-state index contributed by atoms with van der Waals surface area (Å²) in [7, 11) is 0. The standard InChI is InChI=1S/C13H22N4O3/c1-8(2)5-15-11(18)7-20-12(19)6-17-10(4)13(14)9(3)16-17/h8H,5-7,14H2,1-4H3,(H,15,18). The highest BCUT2D eigenvalue weighted by Gasteiger charge is 2.13. The molecule has 0 saturated heterocycles. The van der Waals surface area contributed by atoms with Gasteiger partial charge in [-0.3, -0.25) is 14.3 Å². The quantitative estimate of drug-likeness (QED) is 0.736. The van der Waals surface area contributed by atoms with Crippen LogP contribution in [0.15, 0.2) is 0 Å². The van der Waals surface area contributed by atoms with Crippen LogP contribution < -0.4 is 11.1 Å². The predicted molar refractivity (Wildman–Crippen MR) is 74.9 cm³/mol. The number of rotatable bonds is 6. The second-order valence-electron chi connectivity index (χ2n) is 5.10. The van der Waals surface area contributed by atoms with Crippen LogP contribution in [-0.4, -0.2) is 34.8 Å². The molecule has 1 amide bonds. The molecule has 20 heavy (non-hydrogen) atoms. The number of nitrogen functional groups attached to an aromatic ring is 1. The maximum atomic E-state index is 11.6. The van der Waals surface area contributed by atoms with E-state index >= 15 is 0 Å². The van der Waals surface area contributed by atoms with Gasteiger partial charge in [0.1, 0.15) is 6.54 Å². The van der Waals surface area contributed by atoms with Gasteiger partial charge in [0.2, 0.25) is 0 Å². The van der Waals surface area contributed by atoms with E-state index < -0.39 is 5.97 Å². The lowest BCUT2D eigenvalue weighted by Crippen LogP contribution is -2.32. The number of hydrogen-bond acceptors (Lipinski definition) is 5. The van der Waals surface area contributed by atoms with Crippen molar-refractivity contribution in [3.63, 3.8) is 0 Å². The Kier molecular flexibility index (Phi) is 5.54. The van der Waals surface area contributed by atoms with E-state index in [1.807, 2.05) is 13.8 Å². The van der Waals surface area contributed by atoms with Crippen molar-refractivity contribution in [1.29, 1.82) is 0 Å². The van der Waals surface area contributed by atoms with Gasteiger partial charge in [0.15, 0.2) is 6.61 Å². The van der Waals surface area contributed by atoms with Gasteiger partial charge in [-0.1, -0.05) is 13.8 Å². The number of amides is 1. The number of carbonyl (C=O) groups is 2. The van der Waals surface area contributed by atoms with E-state index in [2.05, 4.69) is 10.4 Å². The Hall–Kier alpha value is -2.05. The zero-order valence-electron chi connectivity index (χ0n) is 12.4. The first-order chi connectivity index (χ1) is 9.31. The highest BCUT2D eigenvalue weighted by atomic mass is 16.5. The van der Waals surface area contributed by atoms with Crippen molar-refractivity contribution in [2.45, 2.75) is 34.2 Å². The average molecular weight is 282 g/mol. The van der Waals surface area contributed by atoms with E-state index in [1.54, 1.807) is 13.8 Å². The number of anilines is 1. The number of aromatic nitrogens is 2. The number of nitrogens with two attached hydrogens (primary N) is 1. The fourth-order valence-electron chi connectivity index (χ4n) is 1.55. The Labute approximate surface area is 118 Å². The first-order valence-electron chi connectivity index (χ1n) is 6.53.